The first-order chi connectivity index (χ1) is 14.8. The van der Waals surface area contributed by atoms with Crippen LogP contribution < -0.4 is 16.1 Å². The lowest BCUT2D eigenvalue weighted by Crippen LogP contribution is -2.50. The number of hydrogen-bond acceptors (Lipinski definition) is 8. The maximum atomic E-state index is 12.5. The van der Waals surface area contributed by atoms with E-state index in [0.717, 1.165) is 26.1 Å². The Labute approximate surface area is 184 Å². The smallest absolute Gasteiger partial charge is 0.311 e. The topological polar surface area (TPSA) is 150 Å². The van der Waals surface area contributed by atoms with Crippen LogP contribution in [-0.4, -0.2) is 103 Å². The Hall–Kier alpha value is -1.16. The third kappa shape index (κ3) is 5.80. The molecule has 0 aromatic carbocycles. The molecule has 0 spiro atoms. The van der Waals surface area contributed by atoms with Crippen LogP contribution in [0.2, 0.25) is 0 Å². The summed E-state index contributed by atoms with van der Waals surface area (Å²) in [5.74, 6) is 3.96. The van der Waals surface area contributed by atoms with Gasteiger partial charge in [-0.15, -0.1) is 4.28 Å². The lowest BCUT2D eigenvalue weighted by molar-refractivity contribution is -0.139. The summed E-state index contributed by atoms with van der Waals surface area (Å²) < 4.78 is 35.1. The Bertz CT molecular complexity index is 779. The van der Waals surface area contributed by atoms with Crippen LogP contribution in [-0.2, 0) is 35.2 Å². The van der Waals surface area contributed by atoms with Gasteiger partial charge in [0, 0.05) is 38.1 Å². The number of amides is 3. The lowest BCUT2D eigenvalue weighted by atomic mass is 10.0. The van der Waals surface area contributed by atoms with Gasteiger partial charge in [0.2, 0.25) is 0 Å². The van der Waals surface area contributed by atoms with Gasteiger partial charge in [-0.05, 0) is 30.2 Å². The molecule has 4 heterocycles. The van der Waals surface area contributed by atoms with Crippen LogP contribution >= 0.6 is 0 Å². The minimum absolute atomic E-state index is 0.149. The summed E-state index contributed by atoms with van der Waals surface area (Å²) in [7, 11) is -4.31. The third-order valence-corrected chi connectivity index (χ3v) is 9.03. The third-order valence-electron chi connectivity index (χ3n) is 6.18. The van der Waals surface area contributed by atoms with Crippen LogP contribution in [0.3, 0.4) is 0 Å². The van der Waals surface area contributed by atoms with Crippen molar-refractivity contribution >= 4 is 33.2 Å². The molecule has 14 heteroatoms. The van der Waals surface area contributed by atoms with Crippen molar-refractivity contribution in [2.75, 3.05) is 50.0 Å². The van der Waals surface area contributed by atoms with E-state index in [1.165, 1.54) is 22.2 Å². The maximum Gasteiger partial charge on any atom is 0.418 e. The molecule has 0 aromatic heterocycles. The largest absolute Gasteiger partial charge is 0.418 e. The Balaban J connectivity index is 1.19. The van der Waals surface area contributed by atoms with Gasteiger partial charge in [0.25, 0.3) is 5.91 Å². The SMILES string of the molecule is O=C(NOC[C@@H]1C[C@H](C[S+]2CCNCC2)CN1)[C@@H]1CC[C@@H]2CN1C(=O)N2OS(=O)(=O)O. The zero-order valence-electron chi connectivity index (χ0n) is 17.2. The fourth-order valence-corrected chi connectivity index (χ4v) is 7.41. The van der Waals surface area contributed by atoms with Gasteiger partial charge in [0.15, 0.2) is 0 Å². The Kier molecular flexibility index (Phi) is 7.25. The van der Waals surface area contributed by atoms with E-state index in [1.807, 2.05) is 0 Å². The van der Waals surface area contributed by atoms with Gasteiger partial charge in [0.05, 0.1) is 12.6 Å². The molecule has 0 saturated carbocycles. The number of piperidine rings is 1. The second-order valence-electron chi connectivity index (χ2n) is 8.43. The molecule has 0 radical (unpaired) electrons. The standard InChI is InChI=1S/C17H29N5O7S2/c23-16(15-2-1-14-9-21(15)17(24)22(14)29-31(25,26)27)20-28-10-13-7-12(8-19-13)11-30-5-3-18-4-6-30/h12-15,18-19H,1-11H2,(H-,20,23,25,26,27)/p+1/t12-,13-,14+,15-/m0/s1. The van der Waals surface area contributed by atoms with Gasteiger partial charge in [-0.2, -0.15) is 13.5 Å². The van der Waals surface area contributed by atoms with Gasteiger partial charge in [0.1, 0.15) is 23.3 Å². The number of rotatable bonds is 8. The van der Waals surface area contributed by atoms with E-state index in [-0.39, 0.29) is 12.6 Å². The van der Waals surface area contributed by atoms with Crippen molar-refractivity contribution in [3.05, 3.63) is 0 Å². The number of carbonyl (C=O) groups excluding carboxylic acids is 2. The van der Waals surface area contributed by atoms with E-state index < -0.39 is 34.4 Å². The summed E-state index contributed by atoms with van der Waals surface area (Å²) in [5, 5.41) is 7.47. The molecule has 2 bridgehead atoms. The monoisotopic (exact) mass is 480 g/mol. The Morgan fingerprint density at radius 2 is 2.06 bits per heavy atom. The molecule has 0 aromatic rings. The van der Waals surface area contributed by atoms with E-state index in [1.54, 1.807) is 0 Å². The van der Waals surface area contributed by atoms with Crippen molar-refractivity contribution < 1.29 is 31.7 Å². The van der Waals surface area contributed by atoms with Crippen LogP contribution in [0.5, 0.6) is 0 Å². The summed E-state index contributed by atoms with van der Waals surface area (Å²) in [6, 6.07) is -1.89. The van der Waals surface area contributed by atoms with Gasteiger partial charge >= 0.3 is 16.4 Å². The van der Waals surface area contributed by atoms with Crippen LogP contribution in [0.25, 0.3) is 0 Å². The first-order valence-electron chi connectivity index (χ1n) is 10.6. The first-order valence-corrected chi connectivity index (χ1v) is 13.7. The molecular formula is C17H30N5O7S2+. The maximum absolute atomic E-state index is 12.5. The molecule has 4 atom stereocenters. The van der Waals surface area contributed by atoms with Gasteiger partial charge in [-0.3, -0.25) is 14.2 Å². The van der Waals surface area contributed by atoms with Gasteiger partial charge in [-0.25, -0.2) is 10.3 Å². The highest BCUT2D eigenvalue weighted by atomic mass is 32.3. The number of hydroxylamine groups is 3. The Morgan fingerprint density at radius 1 is 1.29 bits per heavy atom. The van der Waals surface area contributed by atoms with Crippen LogP contribution in [0.4, 0.5) is 4.79 Å². The van der Waals surface area contributed by atoms with Crippen LogP contribution in [0, 0.1) is 5.92 Å². The van der Waals surface area contributed by atoms with Crippen molar-refractivity contribution in [3.8, 4) is 0 Å². The van der Waals surface area contributed by atoms with E-state index in [0.29, 0.717) is 41.3 Å². The van der Waals surface area contributed by atoms with Gasteiger partial charge < -0.3 is 15.5 Å². The molecule has 0 unspecified atom stereocenters. The predicted octanol–water partition coefficient (Wildman–Crippen LogP) is -1.76. The quantitative estimate of drug-likeness (QED) is 0.180. The van der Waals surface area contributed by atoms with Crippen molar-refractivity contribution in [2.24, 2.45) is 5.92 Å². The fraction of sp³-hybridized carbons (Fsp3) is 0.882. The van der Waals surface area contributed by atoms with Crippen molar-refractivity contribution in [2.45, 2.75) is 37.4 Å². The molecule has 0 aliphatic carbocycles. The molecule has 4 aliphatic rings. The molecule has 4 rings (SSSR count). The van der Waals surface area contributed by atoms with Crippen molar-refractivity contribution in [3.63, 3.8) is 0 Å². The summed E-state index contributed by atoms with van der Waals surface area (Å²) in [5.41, 5.74) is 2.44. The first kappa shape index (κ1) is 23.0. The summed E-state index contributed by atoms with van der Waals surface area (Å²) >= 11 is 0. The van der Waals surface area contributed by atoms with E-state index in [4.69, 9.17) is 9.39 Å². The second kappa shape index (κ2) is 9.77. The predicted molar refractivity (Wildman–Crippen MR) is 112 cm³/mol. The highest BCUT2D eigenvalue weighted by molar-refractivity contribution is 7.96. The number of nitrogens with zero attached hydrogens (tertiary/aromatic N) is 2. The highest BCUT2D eigenvalue weighted by Crippen LogP contribution is 2.30. The number of hydrogen-bond donors (Lipinski definition) is 4. The van der Waals surface area contributed by atoms with E-state index in [2.05, 4.69) is 20.4 Å². The number of fused-ring (bicyclic) bond motifs is 2. The lowest BCUT2D eigenvalue weighted by Gasteiger charge is -2.29. The number of nitrogens with one attached hydrogen (secondary N) is 3. The number of carbonyl (C=O) groups is 2. The Morgan fingerprint density at radius 3 is 2.81 bits per heavy atom. The number of urea groups is 1. The van der Waals surface area contributed by atoms with Gasteiger partial charge in [-0.1, -0.05) is 0 Å². The van der Waals surface area contributed by atoms with E-state index >= 15 is 0 Å². The molecule has 4 aliphatic heterocycles. The fourth-order valence-electron chi connectivity index (χ4n) is 4.70. The van der Waals surface area contributed by atoms with Crippen LogP contribution in [0.1, 0.15) is 19.3 Å². The zero-order chi connectivity index (χ0) is 22.0. The minimum Gasteiger partial charge on any atom is -0.311 e. The minimum atomic E-state index is -4.81. The average molecular weight is 481 g/mol. The molecular weight excluding hydrogens is 450 g/mol. The molecule has 4 N–H and O–H groups in total. The summed E-state index contributed by atoms with van der Waals surface area (Å²) in [6.45, 7) is 3.69. The van der Waals surface area contributed by atoms with Crippen molar-refractivity contribution in [1.29, 1.82) is 0 Å². The summed E-state index contributed by atoms with van der Waals surface area (Å²) in [6.07, 6.45) is 1.74. The van der Waals surface area contributed by atoms with Crippen LogP contribution in [0.15, 0.2) is 0 Å². The normalized spacial score (nSPS) is 32.0. The second-order valence-corrected chi connectivity index (χ2v) is 11.8. The molecule has 4 saturated heterocycles. The molecule has 12 nitrogen and oxygen atoms in total. The highest BCUT2D eigenvalue weighted by Gasteiger charge is 2.49. The van der Waals surface area contributed by atoms with Crippen molar-refractivity contribution in [1.82, 2.24) is 26.1 Å². The molecule has 4 fully saturated rings. The molecule has 31 heavy (non-hydrogen) atoms. The molecule has 3 amide bonds. The summed E-state index contributed by atoms with van der Waals surface area (Å²) in [4.78, 5) is 31.6. The zero-order valence-corrected chi connectivity index (χ0v) is 18.8. The molecule has 176 valence electrons. The van der Waals surface area contributed by atoms with E-state index in [9.17, 15) is 18.0 Å². The average Bonchev–Trinajstić information content (AvgIpc) is 3.26.